The van der Waals surface area contributed by atoms with E-state index in [1.54, 1.807) is 12.3 Å². The molecule has 0 aliphatic rings. The maximum Gasteiger partial charge on any atom is 0.186 e. The van der Waals surface area contributed by atoms with Gasteiger partial charge in [-0.3, -0.25) is 4.79 Å². The lowest BCUT2D eigenvalue weighted by molar-refractivity contribution is 0.551. The van der Waals surface area contributed by atoms with E-state index in [9.17, 15) is 4.79 Å². The van der Waals surface area contributed by atoms with Gasteiger partial charge in [-0.25, -0.2) is 0 Å². The Balaban J connectivity index is 2.55. The molecule has 2 N–H and O–H groups in total. The van der Waals surface area contributed by atoms with Crippen LogP contribution in [0.1, 0.15) is 25.1 Å². The van der Waals surface area contributed by atoms with Gasteiger partial charge in [0.1, 0.15) is 0 Å². The maximum atomic E-state index is 11.5. The van der Waals surface area contributed by atoms with E-state index in [1.807, 2.05) is 6.92 Å². The molecule has 3 heteroatoms. The number of nitrogens with one attached hydrogen (secondary N) is 2. The van der Waals surface area contributed by atoms with Gasteiger partial charge in [-0.2, -0.15) is 0 Å². The van der Waals surface area contributed by atoms with Crippen LogP contribution in [0.5, 0.6) is 0 Å². The van der Waals surface area contributed by atoms with E-state index in [2.05, 4.69) is 24.1 Å². The van der Waals surface area contributed by atoms with E-state index in [0.717, 1.165) is 17.8 Å². The van der Waals surface area contributed by atoms with Crippen LogP contribution in [0.25, 0.3) is 0 Å². The molecular formula is C11H18N2O. The third kappa shape index (κ3) is 3.34. The van der Waals surface area contributed by atoms with Crippen molar-refractivity contribution in [2.75, 3.05) is 6.54 Å². The molecule has 1 aromatic heterocycles. The molecule has 0 saturated heterocycles. The molecule has 0 aliphatic carbocycles. The normalized spacial score (nSPS) is 10.9. The van der Waals surface area contributed by atoms with Gasteiger partial charge >= 0.3 is 0 Å². The Labute approximate surface area is 84.6 Å². The number of pyridine rings is 1. The van der Waals surface area contributed by atoms with Gasteiger partial charge in [0.05, 0.1) is 0 Å². The summed E-state index contributed by atoms with van der Waals surface area (Å²) in [6.07, 6.45) is 1.78. The lowest BCUT2D eigenvalue weighted by atomic mass is 10.2. The zero-order chi connectivity index (χ0) is 10.6. The van der Waals surface area contributed by atoms with Crippen molar-refractivity contribution in [1.29, 1.82) is 0 Å². The number of rotatable bonds is 4. The second kappa shape index (κ2) is 4.96. The van der Waals surface area contributed by atoms with Crippen LogP contribution in [-0.4, -0.2) is 11.5 Å². The second-order valence-electron chi connectivity index (χ2n) is 4.03. The number of hydrogen-bond donors (Lipinski definition) is 2. The summed E-state index contributed by atoms with van der Waals surface area (Å²) in [7, 11) is 0. The topological polar surface area (TPSA) is 44.9 Å². The lowest BCUT2D eigenvalue weighted by Gasteiger charge is -2.06. The molecule has 1 heterocycles. The minimum atomic E-state index is 0.109. The van der Waals surface area contributed by atoms with Crippen LogP contribution in [0.2, 0.25) is 0 Å². The Morgan fingerprint density at radius 1 is 1.50 bits per heavy atom. The number of hydrogen-bond acceptors (Lipinski definition) is 2. The van der Waals surface area contributed by atoms with Crippen molar-refractivity contribution in [1.82, 2.24) is 10.3 Å². The van der Waals surface area contributed by atoms with Gasteiger partial charge in [0.2, 0.25) is 0 Å². The van der Waals surface area contributed by atoms with E-state index in [-0.39, 0.29) is 5.43 Å². The molecule has 0 saturated carbocycles. The van der Waals surface area contributed by atoms with Crippen molar-refractivity contribution in [2.24, 2.45) is 5.92 Å². The first-order valence-electron chi connectivity index (χ1n) is 4.98. The van der Waals surface area contributed by atoms with Gasteiger partial charge in [0.25, 0.3) is 0 Å². The fraction of sp³-hybridized carbons (Fsp3) is 0.545. The van der Waals surface area contributed by atoms with Gasteiger partial charge in [-0.15, -0.1) is 0 Å². The van der Waals surface area contributed by atoms with E-state index in [0.29, 0.717) is 12.5 Å². The monoisotopic (exact) mass is 194 g/mol. The SMILES string of the molecule is Cc1cc(=O)c(CNCC(C)C)c[nH]1. The Morgan fingerprint density at radius 2 is 2.21 bits per heavy atom. The molecule has 0 amide bonds. The Hall–Kier alpha value is -1.09. The summed E-state index contributed by atoms with van der Waals surface area (Å²) in [5.74, 6) is 0.611. The summed E-state index contributed by atoms with van der Waals surface area (Å²) in [5, 5.41) is 3.24. The first kappa shape index (κ1) is 11.0. The lowest BCUT2D eigenvalue weighted by Crippen LogP contribution is -2.23. The molecule has 0 radical (unpaired) electrons. The summed E-state index contributed by atoms with van der Waals surface area (Å²) in [4.78, 5) is 14.5. The third-order valence-corrected chi connectivity index (χ3v) is 2.01. The number of aromatic amines is 1. The molecule has 0 bridgehead atoms. The quantitative estimate of drug-likeness (QED) is 0.761. The Bertz CT molecular complexity index is 341. The van der Waals surface area contributed by atoms with E-state index < -0.39 is 0 Å². The molecule has 3 nitrogen and oxygen atoms in total. The smallest absolute Gasteiger partial charge is 0.186 e. The minimum absolute atomic E-state index is 0.109. The summed E-state index contributed by atoms with van der Waals surface area (Å²) < 4.78 is 0. The zero-order valence-electron chi connectivity index (χ0n) is 9.05. The van der Waals surface area contributed by atoms with Gasteiger partial charge in [-0.1, -0.05) is 13.8 Å². The molecule has 78 valence electrons. The van der Waals surface area contributed by atoms with E-state index in [1.165, 1.54) is 0 Å². The van der Waals surface area contributed by atoms with Crippen molar-refractivity contribution in [3.63, 3.8) is 0 Å². The highest BCUT2D eigenvalue weighted by Gasteiger charge is 1.99. The molecule has 0 unspecified atom stereocenters. The largest absolute Gasteiger partial charge is 0.365 e. The molecular weight excluding hydrogens is 176 g/mol. The van der Waals surface area contributed by atoms with Gasteiger partial charge in [-0.05, 0) is 19.4 Å². The second-order valence-corrected chi connectivity index (χ2v) is 4.03. The fourth-order valence-corrected chi connectivity index (χ4v) is 1.24. The molecule has 0 spiro atoms. The first-order chi connectivity index (χ1) is 6.59. The zero-order valence-corrected chi connectivity index (χ0v) is 9.05. The van der Waals surface area contributed by atoms with Crippen LogP contribution >= 0.6 is 0 Å². The molecule has 0 fully saturated rings. The van der Waals surface area contributed by atoms with Crippen molar-refractivity contribution in [3.8, 4) is 0 Å². The predicted molar refractivity (Wildman–Crippen MR) is 58.3 cm³/mol. The summed E-state index contributed by atoms with van der Waals surface area (Å²) in [6, 6.07) is 1.63. The van der Waals surface area contributed by atoms with Gasteiger partial charge in [0.15, 0.2) is 5.43 Å². The summed E-state index contributed by atoms with van der Waals surface area (Å²) in [6.45, 7) is 7.76. The average molecular weight is 194 g/mol. The molecule has 1 aromatic rings. The van der Waals surface area contributed by atoms with Crippen molar-refractivity contribution in [2.45, 2.75) is 27.3 Å². The van der Waals surface area contributed by atoms with Crippen LogP contribution in [0.3, 0.4) is 0 Å². The molecule has 0 atom stereocenters. The van der Waals surface area contributed by atoms with Crippen LogP contribution < -0.4 is 10.7 Å². The highest BCUT2D eigenvalue weighted by molar-refractivity contribution is 5.13. The average Bonchev–Trinajstić information content (AvgIpc) is 2.08. The van der Waals surface area contributed by atoms with Gasteiger partial charge in [0, 0.05) is 30.1 Å². The summed E-state index contributed by atoms with van der Waals surface area (Å²) >= 11 is 0. The van der Waals surface area contributed by atoms with Gasteiger partial charge < -0.3 is 10.3 Å². The Morgan fingerprint density at radius 3 is 2.79 bits per heavy atom. The van der Waals surface area contributed by atoms with Crippen LogP contribution in [-0.2, 0) is 6.54 Å². The van der Waals surface area contributed by atoms with E-state index in [4.69, 9.17) is 0 Å². The maximum absolute atomic E-state index is 11.5. The highest BCUT2D eigenvalue weighted by atomic mass is 16.1. The standard InChI is InChI=1S/C11H18N2O/c1-8(2)5-12-6-10-7-13-9(3)4-11(10)14/h4,7-8,12H,5-6H2,1-3H3,(H,13,14). The highest BCUT2D eigenvalue weighted by Crippen LogP contribution is 1.93. The van der Waals surface area contributed by atoms with Crippen LogP contribution in [0.15, 0.2) is 17.1 Å². The van der Waals surface area contributed by atoms with Crippen LogP contribution in [0.4, 0.5) is 0 Å². The van der Waals surface area contributed by atoms with Crippen LogP contribution in [0, 0.1) is 12.8 Å². The van der Waals surface area contributed by atoms with E-state index >= 15 is 0 Å². The third-order valence-electron chi connectivity index (χ3n) is 2.01. The molecule has 0 aliphatic heterocycles. The first-order valence-corrected chi connectivity index (χ1v) is 4.98. The molecule has 1 rings (SSSR count). The minimum Gasteiger partial charge on any atom is -0.365 e. The number of aromatic nitrogens is 1. The molecule has 0 aromatic carbocycles. The predicted octanol–water partition coefficient (Wildman–Crippen LogP) is 1.43. The van der Waals surface area contributed by atoms with Crippen molar-refractivity contribution in [3.05, 3.63) is 33.7 Å². The van der Waals surface area contributed by atoms with Crippen molar-refractivity contribution < 1.29 is 0 Å². The number of aryl methyl sites for hydroxylation is 1. The summed E-state index contributed by atoms with van der Waals surface area (Å²) in [5.41, 5.74) is 1.82. The molecule has 14 heavy (non-hydrogen) atoms. The fourth-order valence-electron chi connectivity index (χ4n) is 1.24. The van der Waals surface area contributed by atoms with Crippen molar-refractivity contribution >= 4 is 0 Å². The number of H-pyrrole nitrogens is 1. The Kier molecular flexibility index (Phi) is 3.89.